The SMILES string of the molecule is Cc1c(C(NCc2nnnn2CC(F)(F)F)C(C)C)oc2ccccc12. The van der Waals surface area contributed by atoms with Crippen molar-refractivity contribution in [1.82, 2.24) is 25.5 Å². The van der Waals surface area contributed by atoms with Crippen LogP contribution in [0.15, 0.2) is 28.7 Å². The zero-order valence-electron chi connectivity index (χ0n) is 14.7. The monoisotopic (exact) mass is 367 g/mol. The van der Waals surface area contributed by atoms with E-state index in [2.05, 4.69) is 20.8 Å². The van der Waals surface area contributed by atoms with Gasteiger partial charge in [-0.15, -0.1) is 5.10 Å². The highest BCUT2D eigenvalue weighted by molar-refractivity contribution is 5.82. The molecule has 0 spiro atoms. The van der Waals surface area contributed by atoms with Crippen LogP contribution in [0.2, 0.25) is 0 Å². The summed E-state index contributed by atoms with van der Waals surface area (Å²) in [4.78, 5) is 0. The summed E-state index contributed by atoms with van der Waals surface area (Å²) in [5.41, 5.74) is 1.80. The molecule has 0 amide bonds. The van der Waals surface area contributed by atoms with E-state index in [1.165, 1.54) is 0 Å². The normalized spacial score (nSPS) is 13.7. The van der Waals surface area contributed by atoms with Crippen LogP contribution in [0.25, 0.3) is 11.0 Å². The minimum atomic E-state index is -4.38. The average molecular weight is 367 g/mol. The molecule has 0 bridgehead atoms. The van der Waals surface area contributed by atoms with E-state index in [0.29, 0.717) is 0 Å². The van der Waals surface area contributed by atoms with Gasteiger partial charge in [-0.1, -0.05) is 32.0 Å². The van der Waals surface area contributed by atoms with E-state index in [9.17, 15) is 13.2 Å². The fourth-order valence-corrected chi connectivity index (χ4v) is 2.96. The molecule has 26 heavy (non-hydrogen) atoms. The van der Waals surface area contributed by atoms with Gasteiger partial charge in [0, 0.05) is 5.39 Å². The van der Waals surface area contributed by atoms with Gasteiger partial charge in [-0.05, 0) is 34.9 Å². The van der Waals surface area contributed by atoms with Crippen molar-refractivity contribution in [3.05, 3.63) is 41.4 Å². The van der Waals surface area contributed by atoms with Crippen molar-refractivity contribution in [1.29, 1.82) is 0 Å². The Balaban J connectivity index is 1.82. The quantitative estimate of drug-likeness (QED) is 0.718. The van der Waals surface area contributed by atoms with Crippen LogP contribution in [-0.4, -0.2) is 26.4 Å². The fraction of sp³-hybridized carbons (Fsp3) is 0.471. The molecule has 1 unspecified atom stereocenters. The molecule has 0 aliphatic rings. The van der Waals surface area contributed by atoms with E-state index in [0.717, 1.165) is 27.0 Å². The highest BCUT2D eigenvalue weighted by Crippen LogP contribution is 2.32. The van der Waals surface area contributed by atoms with Gasteiger partial charge in [0.2, 0.25) is 0 Å². The van der Waals surface area contributed by atoms with E-state index in [1.807, 2.05) is 45.0 Å². The molecule has 6 nitrogen and oxygen atoms in total. The van der Waals surface area contributed by atoms with Crippen LogP contribution >= 0.6 is 0 Å². The Morgan fingerprint density at radius 3 is 2.62 bits per heavy atom. The Hall–Kier alpha value is -2.42. The van der Waals surface area contributed by atoms with E-state index in [1.54, 1.807) is 0 Å². The summed E-state index contributed by atoms with van der Waals surface area (Å²) >= 11 is 0. The Kier molecular flexibility index (Phi) is 4.99. The summed E-state index contributed by atoms with van der Waals surface area (Å²) in [6.45, 7) is 4.90. The highest BCUT2D eigenvalue weighted by atomic mass is 19.4. The molecule has 0 saturated carbocycles. The summed E-state index contributed by atoms with van der Waals surface area (Å²) in [6, 6.07) is 7.54. The topological polar surface area (TPSA) is 68.8 Å². The second-order valence-electron chi connectivity index (χ2n) is 6.56. The number of nitrogens with one attached hydrogen (secondary N) is 1. The zero-order chi connectivity index (χ0) is 18.9. The lowest BCUT2D eigenvalue weighted by atomic mass is 9.98. The minimum Gasteiger partial charge on any atom is -0.459 e. The van der Waals surface area contributed by atoms with Crippen molar-refractivity contribution in [2.24, 2.45) is 5.92 Å². The number of tetrazole rings is 1. The van der Waals surface area contributed by atoms with E-state index in [4.69, 9.17) is 4.42 Å². The molecule has 1 aromatic carbocycles. The standard InChI is InChI=1S/C17H20F3N5O/c1-10(2)15(16-11(3)12-6-4-5-7-13(12)26-16)21-8-14-22-23-24-25(14)9-17(18,19)20/h4-7,10,15,21H,8-9H2,1-3H3. The number of furan rings is 1. The number of para-hydroxylation sites is 1. The van der Waals surface area contributed by atoms with Gasteiger partial charge in [0.25, 0.3) is 0 Å². The summed E-state index contributed by atoms with van der Waals surface area (Å²) < 4.78 is 44.6. The predicted molar refractivity (Wildman–Crippen MR) is 89.2 cm³/mol. The maximum Gasteiger partial charge on any atom is 0.408 e. The third-order valence-corrected chi connectivity index (χ3v) is 4.24. The summed E-state index contributed by atoms with van der Waals surface area (Å²) in [5, 5.41) is 14.7. The second-order valence-corrected chi connectivity index (χ2v) is 6.56. The van der Waals surface area contributed by atoms with Crippen LogP contribution in [-0.2, 0) is 13.1 Å². The number of hydrogen-bond donors (Lipinski definition) is 1. The number of alkyl halides is 3. The van der Waals surface area contributed by atoms with Gasteiger partial charge in [0.15, 0.2) is 5.82 Å². The van der Waals surface area contributed by atoms with Gasteiger partial charge in [-0.2, -0.15) is 13.2 Å². The first-order valence-electron chi connectivity index (χ1n) is 8.29. The molecular formula is C17H20F3N5O. The van der Waals surface area contributed by atoms with Crippen molar-refractivity contribution < 1.29 is 17.6 Å². The van der Waals surface area contributed by atoms with Crippen LogP contribution in [0.5, 0.6) is 0 Å². The molecule has 0 saturated heterocycles. The molecule has 0 radical (unpaired) electrons. The third kappa shape index (κ3) is 3.87. The first-order chi connectivity index (χ1) is 12.3. The lowest BCUT2D eigenvalue weighted by Crippen LogP contribution is -2.28. The Morgan fingerprint density at radius 2 is 1.96 bits per heavy atom. The number of rotatable bonds is 6. The first-order valence-corrected chi connectivity index (χ1v) is 8.29. The van der Waals surface area contributed by atoms with E-state index in [-0.39, 0.29) is 24.3 Å². The van der Waals surface area contributed by atoms with Crippen LogP contribution < -0.4 is 5.32 Å². The van der Waals surface area contributed by atoms with Crippen molar-refractivity contribution >= 4 is 11.0 Å². The van der Waals surface area contributed by atoms with Crippen molar-refractivity contribution in [3.63, 3.8) is 0 Å². The number of fused-ring (bicyclic) bond motifs is 1. The van der Waals surface area contributed by atoms with Crippen molar-refractivity contribution in [2.75, 3.05) is 0 Å². The minimum absolute atomic E-state index is 0.0996. The van der Waals surface area contributed by atoms with Gasteiger partial charge in [0.05, 0.1) is 12.6 Å². The van der Waals surface area contributed by atoms with Crippen molar-refractivity contribution in [3.8, 4) is 0 Å². The summed E-state index contributed by atoms with van der Waals surface area (Å²) in [5.74, 6) is 1.05. The molecule has 3 aromatic rings. The largest absolute Gasteiger partial charge is 0.459 e. The number of aromatic nitrogens is 4. The van der Waals surface area contributed by atoms with Gasteiger partial charge in [-0.25, -0.2) is 4.68 Å². The number of nitrogens with zero attached hydrogens (tertiary/aromatic N) is 4. The van der Waals surface area contributed by atoms with Gasteiger partial charge < -0.3 is 4.42 Å². The molecule has 140 valence electrons. The first kappa shape index (κ1) is 18.4. The molecule has 0 aliphatic heterocycles. The number of halogens is 3. The molecule has 1 N–H and O–H groups in total. The van der Waals surface area contributed by atoms with Crippen molar-refractivity contribution in [2.45, 2.75) is 46.1 Å². The number of aryl methyl sites for hydroxylation is 1. The van der Waals surface area contributed by atoms with E-state index >= 15 is 0 Å². The maximum atomic E-state index is 12.6. The van der Waals surface area contributed by atoms with Crippen LogP contribution in [0.3, 0.4) is 0 Å². The molecule has 2 heterocycles. The highest BCUT2D eigenvalue weighted by Gasteiger charge is 2.30. The molecule has 9 heteroatoms. The molecule has 0 aliphatic carbocycles. The Morgan fingerprint density at radius 1 is 1.23 bits per heavy atom. The number of hydrogen-bond acceptors (Lipinski definition) is 5. The summed E-state index contributed by atoms with van der Waals surface area (Å²) in [6.07, 6.45) is -4.38. The lowest BCUT2D eigenvalue weighted by molar-refractivity contribution is -0.143. The Bertz CT molecular complexity index is 884. The van der Waals surface area contributed by atoms with Crippen LogP contribution in [0, 0.1) is 12.8 Å². The maximum absolute atomic E-state index is 12.6. The van der Waals surface area contributed by atoms with Gasteiger partial charge in [-0.3, -0.25) is 5.32 Å². The predicted octanol–water partition coefficient (Wildman–Crippen LogP) is 3.78. The average Bonchev–Trinajstić information content (AvgIpc) is 3.11. The zero-order valence-corrected chi connectivity index (χ0v) is 14.7. The molecular weight excluding hydrogens is 347 g/mol. The van der Waals surface area contributed by atoms with Gasteiger partial charge >= 0.3 is 6.18 Å². The molecule has 3 rings (SSSR count). The second kappa shape index (κ2) is 7.06. The Labute approximate surface area is 148 Å². The fourth-order valence-electron chi connectivity index (χ4n) is 2.96. The third-order valence-electron chi connectivity index (χ3n) is 4.24. The lowest BCUT2D eigenvalue weighted by Gasteiger charge is -2.21. The van der Waals surface area contributed by atoms with E-state index < -0.39 is 12.7 Å². The molecule has 1 atom stereocenters. The van der Waals surface area contributed by atoms with Crippen LogP contribution in [0.1, 0.15) is 37.0 Å². The van der Waals surface area contributed by atoms with Crippen LogP contribution in [0.4, 0.5) is 13.2 Å². The smallest absolute Gasteiger partial charge is 0.408 e. The molecule has 2 aromatic heterocycles. The summed E-state index contributed by atoms with van der Waals surface area (Å²) in [7, 11) is 0. The molecule has 0 fully saturated rings. The van der Waals surface area contributed by atoms with Gasteiger partial charge in [0.1, 0.15) is 17.9 Å². The number of benzene rings is 1.